The summed E-state index contributed by atoms with van der Waals surface area (Å²) in [7, 11) is 0. The first kappa shape index (κ1) is 34.3. The third-order valence-electron chi connectivity index (χ3n) is 7.48. The largest absolute Gasteiger partial charge is 0.483 e. The van der Waals surface area contributed by atoms with Crippen LogP contribution in [0.15, 0.2) is 43.0 Å². The van der Waals surface area contributed by atoms with Crippen molar-refractivity contribution in [1.29, 1.82) is 0 Å². The maximum atomic E-state index is 13.7. The van der Waals surface area contributed by atoms with Crippen molar-refractivity contribution >= 4 is 47.2 Å². The van der Waals surface area contributed by atoms with Crippen LogP contribution in [-0.4, -0.2) is 109 Å². The summed E-state index contributed by atoms with van der Waals surface area (Å²) >= 11 is 6.49. The first-order chi connectivity index (χ1) is 22.9. The highest BCUT2D eigenvalue weighted by Gasteiger charge is 2.38. The number of carbonyl (C=O) groups excluding carboxylic acids is 2. The molecule has 0 atom stereocenters. The van der Waals surface area contributed by atoms with Crippen LogP contribution in [-0.2, 0) is 17.5 Å². The number of fused-ring (bicyclic) bond motifs is 1. The lowest BCUT2D eigenvalue weighted by molar-refractivity contribution is -0.141. The monoisotopic (exact) mass is 698 g/mol. The lowest BCUT2D eigenvalue weighted by atomic mass is 10.1. The van der Waals surface area contributed by atoms with Gasteiger partial charge in [-0.15, -0.1) is 0 Å². The molecular weight excluding hydrogens is 671 g/mol. The molecule has 0 unspecified atom stereocenters. The van der Waals surface area contributed by atoms with Gasteiger partial charge in [-0.2, -0.15) is 18.3 Å². The van der Waals surface area contributed by atoms with Crippen molar-refractivity contribution in [3.8, 4) is 11.3 Å². The van der Waals surface area contributed by atoms with Crippen molar-refractivity contribution in [2.24, 2.45) is 0 Å². The van der Waals surface area contributed by atoms with Crippen molar-refractivity contribution < 1.29 is 41.4 Å². The van der Waals surface area contributed by atoms with Gasteiger partial charge in [-0.3, -0.25) is 18.7 Å². The number of anilines is 2. The Balaban J connectivity index is 0.00000145. The maximum absolute atomic E-state index is 13.7. The van der Waals surface area contributed by atoms with E-state index in [2.05, 4.69) is 31.0 Å². The van der Waals surface area contributed by atoms with Gasteiger partial charge in [-0.05, 0) is 18.2 Å². The van der Waals surface area contributed by atoms with Crippen LogP contribution < -0.4 is 16.0 Å². The molecule has 0 spiro atoms. The number of benzene rings is 1. The number of carboxylic acid groups (broad SMARTS) is 1. The summed E-state index contributed by atoms with van der Waals surface area (Å²) in [4.78, 5) is 45.7. The molecule has 256 valence electrons. The molecule has 0 aliphatic carbocycles. The number of halogens is 6. The van der Waals surface area contributed by atoms with Crippen LogP contribution in [0, 0.1) is 0 Å². The summed E-state index contributed by atoms with van der Waals surface area (Å²) in [5, 5.41) is 19.4. The molecule has 1 aromatic carbocycles. The molecule has 4 N–H and O–H groups in total. The normalized spacial score (nSPS) is 15.1. The van der Waals surface area contributed by atoms with Crippen LogP contribution in [0.2, 0.25) is 5.02 Å². The van der Waals surface area contributed by atoms with E-state index in [1.165, 1.54) is 29.1 Å². The zero-order chi connectivity index (χ0) is 34.6. The van der Waals surface area contributed by atoms with Gasteiger partial charge in [0.25, 0.3) is 18.8 Å². The van der Waals surface area contributed by atoms with E-state index in [1.54, 1.807) is 21.9 Å². The Hall–Kier alpha value is -5.04. The average molecular weight is 699 g/mol. The summed E-state index contributed by atoms with van der Waals surface area (Å²) in [5.41, 5.74) is -0.936. The zero-order valence-corrected chi connectivity index (χ0v) is 25.5. The van der Waals surface area contributed by atoms with Gasteiger partial charge in [0.1, 0.15) is 6.54 Å². The number of aromatic nitrogens is 5. The third kappa shape index (κ3) is 7.57. The predicted molar refractivity (Wildman–Crippen MR) is 161 cm³/mol. The second-order valence-electron chi connectivity index (χ2n) is 10.6. The minimum atomic E-state index is -4.90. The Labute approximate surface area is 273 Å². The molecule has 2 saturated heterocycles. The van der Waals surface area contributed by atoms with Crippen LogP contribution in [0.1, 0.15) is 16.1 Å². The van der Waals surface area contributed by atoms with Crippen molar-refractivity contribution in [2.75, 3.05) is 44.6 Å². The highest BCUT2D eigenvalue weighted by Crippen LogP contribution is 2.37. The van der Waals surface area contributed by atoms with Crippen molar-refractivity contribution in [1.82, 2.24) is 44.6 Å². The summed E-state index contributed by atoms with van der Waals surface area (Å²) in [6.07, 6.45) is -3.00. The number of nitrogens with zero attached hydrogens (tertiary/aromatic N) is 7. The fourth-order valence-corrected chi connectivity index (χ4v) is 5.36. The number of hydrogen-bond donors (Lipinski definition) is 4. The summed E-state index contributed by atoms with van der Waals surface area (Å²) < 4.78 is 68.8. The number of urea groups is 1. The minimum Gasteiger partial charge on any atom is -0.483 e. The van der Waals surface area contributed by atoms with Gasteiger partial charge in [0.2, 0.25) is 0 Å². The fourth-order valence-electron chi connectivity index (χ4n) is 5.10. The molecule has 14 nitrogen and oxygen atoms in total. The molecule has 4 aromatic rings. The second-order valence-corrected chi connectivity index (χ2v) is 11.0. The SMILES string of the molecule is O=C(NC1CNC1)N1CCN(C(=O)c2ccc(Nc3nccn4c(-c5cn(CC(F)F)nc5C(F)(F)F)cnc34)cc2Cl)CC1.O=CO. The number of piperazine rings is 1. The zero-order valence-electron chi connectivity index (χ0n) is 24.8. The number of alkyl halides is 5. The lowest BCUT2D eigenvalue weighted by Crippen LogP contribution is -2.61. The number of rotatable bonds is 7. The standard InChI is InChI=1S/C27H26ClF5N10O2.CH2O2/c28-19-9-15(1-2-17(19)25(44)40-5-7-41(8-6-40)26(45)38-16-10-34-11-16)37-23-24-36-12-20(43(24)4-3-35-23)18-13-42(14-21(29)30)39-22(18)27(31,32)33;2-1-3/h1-4,9,12-13,16,21,34H,5-8,10-11,14H2,(H,35,37)(H,38,45);1H,(H,2,3). The summed E-state index contributed by atoms with van der Waals surface area (Å²) in [6, 6.07) is 4.61. The Bertz CT molecular complexity index is 1790. The number of carbonyl (C=O) groups is 3. The quantitative estimate of drug-likeness (QED) is 0.167. The maximum Gasteiger partial charge on any atom is 0.435 e. The molecule has 0 saturated carbocycles. The lowest BCUT2D eigenvalue weighted by Gasteiger charge is -2.37. The van der Waals surface area contributed by atoms with Gasteiger partial charge in [-0.25, -0.2) is 23.5 Å². The second kappa shape index (κ2) is 14.4. The van der Waals surface area contributed by atoms with Gasteiger partial charge in [0, 0.05) is 63.5 Å². The molecular formula is C28H28ClF5N10O4. The first-order valence-electron chi connectivity index (χ1n) is 14.3. The first-order valence-corrected chi connectivity index (χ1v) is 14.7. The van der Waals surface area contributed by atoms with E-state index in [-0.39, 0.29) is 52.2 Å². The molecule has 2 aliphatic heterocycles. The number of imidazole rings is 1. The van der Waals surface area contributed by atoms with Crippen molar-refractivity contribution in [3.63, 3.8) is 0 Å². The van der Waals surface area contributed by atoms with Gasteiger partial charge in [-0.1, -0.05) is 11.6 Å². The van der Waals surface area contributed by atoms with Gasteiger partial charge < -0.3 is 30.9 Å². The van der Waals surface area contributed by atoms with E-state index in [0.29, 0.717) is 36.5 Å². The molecule has 3 aromatic heterocycles. The molecule has 0 bridgehead atoms. The Morgan fingerprint density at radius 3 is 2.42 bits per heavy atom. The Morgan fingerprint density at radius 1 is 1.12 bits per heavy atom. The van der Waals surface area contributed by atoms with E-state index in [9.17, 15) is 31.5 Å². The third-order valence-corrected chi connectivity index (χ3v) is 7.80. The van der Waals surface area contributed by atoms with E-state index in [1.807, 2.05) is 0 Å². The molecule has 2 aliphatic rings. The average Bonchev–Trinajstić information content (AvgIpc) is 3.64. The molecule has 6 rings (SSSR count). The molecule has 48 heavy (non-hydrogen) atoms. The molecule has 5 heterocycles. The van der Waals surface area contributed by atoms with Crippen molar-refractivity contribution in [2.45, 2.75) is 25.2 Å². The van der Waals surface area contributed by atoms with E-state index in [0.717, 1.165) is 19.3 Å². The van der Waals surface area contributed by atoms with Gasteiger partial charge in [0.15, 0.2) is 17.2 Å². The number of nitrogens with one attached hydrogen (secondary N) is 3. The smallest absolute Gasteiger partial charge is 0.435 e. The summed E-state index contributed by atoms with van der Waals surface area (Å²) in [5.74, 6) is -0.125. The van der Waals surface area contributed by atoms with E-state index >= 15 is 0 Å². The molecule has 2 fully saturated rings. The van der Waals surface area contributed by atoms with Gasteiger partial charge in [0.05, 0.1) is 34.1 Å². The topological polar surface area (TPSA) is 162 Å². The highest BCUT2D eigenvalue weighted by molar-refractivity contribution is 6.34. The Morgan fingerprint density at radius 2 is 1.81 bits per heavy atom. The number of amides is 3. The fraction of sp³-hybridized carbons (Fsp3) is 0.357. The molecule has 20 heteroatoms. The molecule has 0 radical (unpaired) electrons. The van der Waals surface area contributed by atoms with Crippen LogP contribution in [0.4, 0.5) is 38.3 Å². The summed E-state index contributed by atoms with van der Waals surface area (Å²) in [6.45, 7) is 1.68. The molecule has 3 amide bonds. The van der Waals surface area contributed by atoms with Crippen LogP contribution in [0.25, 0.3) is 16.9 Å². The Kier molecular flexibility index (Phi) is 10.3. The van der Waals surface area contributed by atoms with Crippen LogP contribution >= 0.6 is 11.6 Å². The number of hydrogen-bond acceptors (Lipinski definition) is 8. The van der Waals surface area contributed by atoms with Crippen LogP contribution in [0.5, 0.6) is 0 Å². The predicted octanol–water partition coefficient (Wildman–Crippen LogP) is 3.41. The van der Waals surface area contributed by atoms with E-state index in [4.69, 9.17) is 21.5 Å². The highest BCUT2D eigenvalue weighted by atomic mass is 35.5. The minimum absolute atomic E-state index is 0.0279. The van der Waals surface area contributed by atoms with Crippen molar-refractivity contribution in [3.05, 3.63) is 59.3 Å². The van der Waals surface area contributed by atoms with E-state index < -0.39 is 30.4 Å². The van der Waals surface area contributed by atoms with Gasteiger partial charge >= 0.3 is 12.2 Å². The van der Waals surface area contributed by atoms with Crippen LogP contribution in [0.3, 0.4) is 0 Å².